The van der Waals surface area contributed by atoms with Crippen LogP contribution in [0.15, 0.2) is 79.0 Å². The second-order valence-electron chi connectivity index (χ2n) is 5.84. The average Bonchev–Trinajstić information content (AvgIpc) is 2.62. The Bertz CT molecular complexity index is 1230. The summed E-state index contributed by atoms with van der Waals surface area (Å²) in [6, 6.07) is 24.8. The molecule has 116 valence electrons. The average molecular weight is 376 g/mol. The van der Waals surface area contributed by atoms with Crippen molar-refractivity contribution in [2.24, 2.45) is 0 Å². The molecule has 0 bridgehead atoms. The molecular formula is C21H14BrNO. The fourth-order valence-corrected chi connectivity index (χ4v) is 3.60. The van der Waals surface area contributed by atoms with E-state index < -0.39 is 0 Å². The number of hydrogen-bond donors (Lipinski definition) is 1. The van der Waals surface area contributed by atoms with Crippen molar-refractivity contribution >= 4 is 38.0 Å². The van der Waals surface area contributed by atoms with Crippen molar-refractivity contribution < 1.29 is 26.5 Å². The summed E-state index contributed by atoms with van der Waals surface area (Å²) in [5, 5.41) is 16.0. The van der Waals surface area contributed by atoms with Crippen LogP contribution in [-0.2, 0) is 0 Å². The number of aromatic hydroxyl groups is 1. The number of para-hydroxylation sites is 1. The molecule has 0 unspecified atom stereocenters. The maximum atomic E-state index is 10.5. The standard InChI is InChI=1S/C21H13NO.BrH/c23-20-13-22-19-12-6-5-8-15(19)14-7-1-3-10-17(14)21(22)18-11-4-2-9-16(18)20;/h1-13H;1H. The fourth-order valence-electron chi connectivity index (χ4n) is 3.60. The topological polar surface area (TPSA) is 24.3 Å². The summed E-state index contributed by atoms with van der Waals surface area (Å²) in [6.07, 6.45) is 1.83. The first kappa shape index (κ1) is 14.9. The largest absolute Gasteiger partial charge is 1.00 e. The lowest BCUT2D eigenvalue weighted by Gasteiger charge is -2.07. The molecule has 24 heavy (non-hydrogen) atoms. The lowest BCUT2D eigenvalue weighted by atomic mass is 10.0. The van der Waals surface area contributed by atoms with Gasteiger partial charge in [-0.15, -0.1) is 0 Å². The molecule has 1 N–H and O–H groups in total. The number of benzene rings is 3. The SMILES string of the molecule is Oc1c[n+]2c3ccccc3c3ccccc3c2c2ccccc12.[Br-]. The minimum Gasteiger partial charge on any atom is -1.00 e. The van der Waals surface area contributed by atoms with Crippen molar-refractivity contribution in [1.82, 2.24) is 0 Å². The molecule has 2 heterocycles. The summed E-state index contributed by atoms with van der Waals surface area (Å²) in [5.74, 6) is 0.304. The second-order valence-corrected chi connectivity index (χ2v) is 5.84. The zero-order valence-corrected chi connectivity index (χ0v) is 14.4. The quantitative estimate of drug-likeness (QED) is 0.322. The third-order valence-electron chi connectivity index (χ3n) is 4.59. The van der Waals surface area contributed by atoms with E-state index in [1.54, 1.807) is 0 Å². The van der Waals surface area contributed by atoms with Crippen molar-refractivity contribution in [3.05, 3.63) is 79.0 Å². The van der Waals surface area contributed by atoms with Crippen LogP contribution >= 0.6 is 0 Å². The molecule has 2 nitrogen and oxygen atoms in total. The molecule has 0 aliphatic carbocycles. The molecule has 0 spiro atoms. The van der Waals surface area contributed by atoms with E-state index in [9.17, 15) is 5.11 Å². The highest BCUT2D eigenvalue weighted by molar-refractivity contribution is 6.16. The van der Waals surface area contributed by atoms with E-state index in [4.69, 9.17) is 0 Å². The van der Waals surface area contributed by atoms with Crippen molar-refractivity contribution in [1.29, 1.82) is 0 Å². The summed E-state index contributed by atoms with van der Waals surface area (Å²) in [4.78, 5) is 0. The normalized spacial score (nSPS) is 11.2. The van der Waals surface area contributed by atoms with Crippen LogP contribution in [0.2, 0.25) is 0 Å². The summed E-state index contributed by atoms with van der Waals surface area (Å²) in [7, 11) is 0. The van der Waals surface area contributed by atoms with E-state index in [2.05, 4.69) is 52.9 Å². The van der Waals surface area contributed by atoms with Gasteiger partial charge in [-0.1, -0.05) is 48.5 Å². The Labute approximate surface area is 149 Å². The molecule has 0 saturated carbocycles. The molecule has 3 aromatic carbocycles. The number of nitrogens with zero attached hydrogens (tertiary/aromatic N) is 1. The van der Waals surface area contributed by atoms with E-state index in [0.717, 1.165) is 21.8 Å². The van der Waals surface area contributed by atoms with Crippen LogP contribution in [0.1, 0.15) is 0 Å². The van der Waals surface area contributed by atoms with Crippen molar-refractivity contribution in [2.75, 3.05) is 0 Å². The molecular weight excluding hydrogens is 362 g/mol. The van der Waals surface area contributed by atoms with Gasteiger partial charge in [-0.3, -0.25) is 0 Å². The lowest BCUT2D eigenvalue weighted by Crippen LogP contribution is -3.00. The summed E-state index contributed by atoms with van der Waals surface area (Å²) in [5.41, 5.74) is 2.23. The molecule has 3 heteroatoms. The Morgan fingerprint density at radius 1 is 0.583 bits per heavy atom. The Kier molecular flexibility index (Phi) is 3.39. The van der Waals surface area contributed by atoms with Crippen LogP contribution in [0.5, 0.6) is 5.75 Å². The molecule has 0 fully saturated rings. The lowest BCUT2D eigenvalue weighted by molar-refractivity contribution is -0.479. The van der Waals surface area contributed by atoms with Crippen molar-refractivity contribution in [3.63, 3.8) is 0 Å². The number of fused-ring (bicyclic) bond motifs is 8. The first-order valence-electron chi connectivity index (χ1n) is 7.70. The van der Waals surface area contributed by atoms with Crippen LogP contribution in [-0.4, -0.2) is 5.11 Å². The Morgan fingerprint density at radius 3 is 1.79 bits per heavy atom. The van der Waals surface area contributed by atoms with Gasteiger partial charge in [0.1, 0.15) is 0 Å². The monoisotopic (exact) mass is 375 g/mol. The molecule has 0 aliphatic heterocycles. The number of hydrogen-bond acceptors (Lipinski definition) is 1. The minimum atomic E-state index is 0. The highest BCUT2D eigenvalue weighted by Gasteiger charge is 2.19. The molecule has 5 rings (SSSR count). The van der Waals surface area contributed by atoms with Crippen molar-refractivity contribution in [3.8, 4) is 5.75 Å². The molecule has 0 saturated heterocycles. The van der Waals surface area contributed by atoms with Crippen LogP contribution in [0.25, 0.3) is 38.0 Å². The van der Waals surface area contributed by atoms with E-state index in [1.165, 1.54) is 16.2 Å². The Morgan fingerprint density at radius 2 is 1.08 bits per heavy atom. The number of halogens is 1. The van der Waals surface area contributed by atoms with Gasteiger partial charge in [0, 0.05) is 16.8 Å². The molecule has 0 radical (unpaired) electrons. The predicted octanol–water partition coefficient (Wildman–Crippen LogP) is 1.59. The van der Waals surface area contributed by atoms with Gasteiger partial charge in [0.15, 0.2) is 5.75 Å². The minimum absolute atomic E-state index is 0. The fraction of sp³-hybridized carbons (Fsp3) is 0. The smallest absolute Gasteiger partial charge is 0.227 e. The van der Waals surface area contributed by atoms with E-state index >= 15 is 0 Å². The first-order chi connectivity index (χ1) is 11.3. The number of aromatic nitrogens is 1. The van der Waals surface area contributed by atoms with Gasteiger partial charge >= 0.3 is 0 Å². The molecule has 0 aliphatic rings. The van der Waals surface area contributed by atoms with Crippen LogP contribution in [0.3, 0.4) is 0 Å². The van der Waals surface area contributed by atoms with Gasteiger partial charge in [-0.05, 0) is 18.2 Å². The third-order valence-corrected chi connectivity index (χ3v) is 4.59. The van der Waals surface area contributed by atoms with Gasteiger partial charge in [-0.2, -0.15) is 4.40 Å². The van der Waals surface area contributed by atoms with Gasteiger partial charge in [0.05, 0.1) is 16.2 Å². The highest BCUT2D eigenvalue weighted by Crippen LogP contribution is 2.32. The third kappa shape index (κ3) is 1.91. The van der Waals surface area contributed by atoms with Gasteiger partial charge < -0.3 is 22.1 Å². The Hall–Kier alpha value is -2.65. The van der Waals surface area contributed by atoms with E-state index in [-0.39, 0.29) is 17.0 Å². The number of rotatable bonds is 0. The maximum absolute atomic E-state index is 10.5. The number of pyridine rings is 2. The highest BCUT2D eigenvalue weighted by atomic mass is 79.9. The Balaban J connectivity index is 0.00000146. The van der Waals surface area contributed by atoms with Crippen LogP contribution in [0, 0.1) is 0 Å². The molecule has 2 aromatic heterocycles. The van der Waals surface area contributed by atoms with Crippen LogP contribution < -0.4 is 21.4 Å². The zero-order chi connectivity index (χ0) is 15.4. The maximum Gasteiger partial charge on any atom is 0.227 e. The molecule has 0 atom stereocenters. The van der Waals surface area contributed by atoms with E-state index in [0.29, 0.717) is 5.75 Å². The van der Waals surface area contributed by atoms with E-state index in [1.807, 2.05) is 30.5 Å². The summed E-state index contributed by atoms with van der Waals surface area (Å²) >= 11 is 0. The first-order valence-corrected chi connectivity index (χ1v) is 7.70. The summed E-state index contributed by atoms with van der Waals surface area (Å²) < 4.78 is 2.11. The van der Waals surface area contributed by atoms with Gasteiger partial charge in [0.2, 0.25) is 17.2 Å². The van der Waals surface area contributed by atoms with Crippen LogP contribution in [0.4, 0.5) is 0 Å². The summed E-state index contributed by atoms with van der Waals surface area (Å²) in [6.45, 7) is 0. The van der Waals surface area contributed by atoms with Gasteiger partial charge in [-0.25, -0.2) is 0 Å². The molecule has 0 amide bonds. The van der Waals surface area contributed by atoms with Crippen molar-refractivity contribution in [2.45, 2.75) is 0 Å². The van der Waals surface area contributed by atoms with Gasteiger partial charge in [0.25, 0.3) is 0 Å². The molecule has 5 aromatic rings. The predicted molar refractivity (Wildman–Crippen MR) is 93.8 cm³/mol. The zero-order valence-electron chi connectivity index (χ0n) is 12.8. The second kappa shape index (κ2) is 5.46.